The van der Waals surface area contributed by atoms with E-state index in [-0.39, 0.29) is 35.2 Å². The molecule has 1 unspecified atom stereocenters. The second-order valence-corrected chi connectivity index (χ2v) is 12.5. The summed E-state index contributed by atoms with van der Waals surface area (Å²) in [7, 11) is -2.76. The monoisotopic (exact) mass is 653 g/mol. The summed E-state index contributed by atoms with van der Waals surface area (Å²) in [6.07, 6.45) is 0.189. The largest absolute Gasteiger partial charge is 0.492 e. The zero-order chi connectivity index (χ0) is 31.7. The van der Waals surface area contributed by atoms with E-state index in [4.69, 9.17) is 27.9 Å². The Bertz CT molecular complexity index is 1690. The molecule has 0 fully saturated rings. The van der Waals surface area contributed by atoms with Gasteiger partial charge in [0.1, 0.15) is 18.3 Å². The Morgan fingerprint density at radius 3 is 2.11 bits per heavy atom. The number of carbonyl (C=O) groups is 2. The van der Waals surface area contributed by atoms with Crippen LogP contribution in [0.3, 0.4) is 0 Å². The van der Waals surface area contributed by atoms with Crippen LogP contribution in [0.15, 0.2) is 108 Å². The zero-order valence-electron chi connectivity index (χ0n) is 24.3. The summed E-state index contributed by atoms with van der Waals surface area (Å²) in [6, 6.07) is 27.7. The molecule has 0 saturated heterocycles. The number of carbonyl (C=O) groups excluding carboxylic acids is 2. The van der Waals surface area contributed by atoms with Crippen LogP contribution in [0.2, 0.25) is 10.0 Å². The first kappa shape index (κ1) is 32.9. The van der Waals surface area contributed by atoms with Gasteiger partial charge in [0.15, 0.2) is 0 Å². The average Bonchev–Trinajstić information content (AvgIpc) is 3.04. The van der Waals surface area contributed by atoms with Gasteiger partial charge in [0, 0.05) is 20.0 Å². The predicted octanol–water partition coefficient (Wildman–Crippen LogP) is 5.97. The molecule has 0 radical (unpaired) electrons. The average molecular weight is 655 g/mol. The van der Waals surface area contributed by atoms with E-state index in [1.165, 1.54) is 24.1 Å². The highest BCUT2D eigenvalue weighted by molar-refractivity contribution is 7.92. The van der Waals surface area contributed by atoms with Crippen molar-refractivity contribution in [3.8, 4) is 5.75 Å². The maximum atomic E-state index is 14.4. The van der Waals surface area contributed by atoms with Gasteiger partial charge < -0.3 is 15.0 Å². The molecule has 0 bridgehead atoms. The Kier molecular flexibility index (Phi) is 11.3. The van der Waals surface area contributed by atoms with Crippen molar-refractivity contribution in [3.63, 3.8) is 0 Å². The van der Waals surface area contributed by atoms with Crippen LogP contribution < -0.4 is 14.4 Å². The Hall–Kier alpha value is -4.05. The number of sulfonamides is 1. The van der Waals surface area contributed by atoms with Gasteiger partial charge >= 0.3 is 0 Å². The van der Waals surface area contributed by atoms with Crippen molar-refractivity contribution in [1.82, 2.24) is 10.2 Å². The highest BCUT2D eigenvalue weighted by atomic mass is 35.5. The van der Waals surface area contributed by atoms with Gasteiger partial charge in [-0.1, -0.05) is 89.9 Å². The van der Waals surface area contributed by atoms with Gasteiger partial charge in [-0.2, -0.15) is 0 Å². The van der Waals surface area contributed by atoms with E-state index in [0.717, 1.165) is 9.87 Å². The lowest BCUT2D eigenvalue weighted by Gasteiger charge is -2.34. The molecule has 4 rings (SSSR count). The third kappa shape index (κ3) is 7.91. The van der Waals surface area contributed by atoms with Gasteiger partial charge in [-0.25, -0.2) is 8.42 Å². The first-order valence-electron chi connectivity index (χ1n) is 13.9. The number of hydrogen-bond donors (Lipinski definition) is 1. The number of ether oxygens (including phenoxy) is 1. The van der Waals surface area contributed by atoms with E-state index >= 15 is 0 Å². The minimum Gasteiger partial charge on any atom is -0.492 e. The molecule has 11 heteroatoms. The molecular weight excluding hydrogens is 621 g/mol. The zero-order valence-corrected chi connectivity index (χ0v) is 26.6. The Balaban J connectivity index is 1.83. The summed E-state index contributed by atoms with van der Waals surface area (Å²) in [5, 5.41) is 3.29. The van der Waals surface area contributed by atoms with E-state index < -0.39 is 34.4 Å². The molecule has 1 atom stereocenters. The van der Waals surface area contributed by atoms with Gasteiger partial charge in [-0.15, -0.1) is 0 Å². The van der Waals surface area contributed by atoms with Crippen molar-refractivity contribution >= 4 is 50.7 Å². The number of halogens is 2. The number of anilines is 1. The van der Waals surface area contributed by atoms with E-state index in [9.17, 15) is 18.0 Å². The molecule has 0 aliphatic heterocycles. The Morgan fingerprint density at radius 1 is 0.841 bits per heavy atom. The summed E-state index contributed by atoms with van der Waals surface area (Å²) < 4.78 is 35.1. The first-order chi connectivity index (χ1) is 21.1. The van der Waals surface area contributed by atoms with Crippen molar-refractivity contribution in [2.75, 3.05) is 24.5 Å². The summed E-state index contributed by atoms with van der Waals surface area (Å²) in [5.41, 5.74) is 1.63. The molecule has 0 saturated carbocycles. The summed E-state index contributed by atoms with van der Waals surface area (Å²) in [5.74, 6) is -0.716. The lowest BCUT2D eigenvalue weighted by molar-refractivity contribution is -0.139. The van der Waals surface area contributed by atoms with Gasteiger partial charge in [-0.05, 0) is 54.4 Å². The second kappa shape index (κ2) is 15.1. The van der Waals surface area contributed by atoms with Crippen molar-refractivity contribution in [2.24, 2.45) is 0 Å². The van der Waals surface area contributed by atoms with E-state index in [0.29, 0.717) is 16.3 Å². The summed E-state index contributed by atoms with van der Waals surface area (Å²) in [6.45, 7) is 1.43. The minimum absolute atomic E-state index is 0.00210. The SMILES string of the molecule is CCOc1ccccc1N(CC(=O)N(Cc1ccc(Cl)c(Cl)c1)C(Cc1ccccc1)C(=O)NC)S(=O)(=O)c1ccccc1. The molecule has 0 aromatic heterocycles. The molecule has 230 valence electrons. The molecule has 0 spiro atoms. The molecule has 0 aliphatic carbocycles. The van der Waals surface area contributed by atoms with Crippen LogP contribution in [0.5, 0.6) is 5.75 Å². The Labute approximate surface area is 268 Å². The fourth-order valence-corrected chi connectivity index (χ4v) is 6.50. The first-order valence-corrected chi connectivity index (χ1v) is 16.1. The predicted molar refractivity (Wildman–Crippen MR) is 174 cm³/mol. The Morgan fingerprint density at radius 2 is 1.48 bits per heavy atom. The molecule has 0 aliphatic rings. The second-order valence-electron chi connectivity index (χ2n) is 9.82. The third-order valence-electron chi connectivity index (χ3n) is 6.90. The van der Waals surface area contributed by atoms with Crippen molar-refractivity contribution in [3.05, 3.63) is 124 Å². The van der Waals surface area contributed by atoms with E-state index in [2.05, 4.69) is 5.32 Å². The number of amides is 2. The third-order valence-corrected chi connectivity index (χ3v) is 9.41. The highest BCUT2D eigenvalue weighted by Gasteiger charge is 2.35. The van der Waals surface area contributed by atoms with Crippen LogP contribution in [0.4, 0.5) is 5.69 Å². The number of nitrogens with one attached hydrogen (secondary N) is 1. The van der Waals surface area contributed by atoms with Crippen molar-refractivity contribution in [2.45, 2.75) is 30.8 Å². The van der Waals surface area contributed by atoms with E-state index in [1.807, 2.05) is 30.3 Å². The normalized spacial score (nSPS) is 11.8. The number of rotatable bonds is 13. The maximum absolute atomic E-state index is 14.4. The number of para-hydroxylation sites is 2. The molecule has 1 N–H and O–H groups in total. The molecule has 8 nitrogen and oxygen atoms in total. The molecule has 44 heavy (non-hydrogen) atoms. The summed E-state index contributed by atoms with van der Waals surface area (Å²) in [4.78, 5) is 29.2. The molecule has 4 aromatic rings. The molecule has 4 aromatic carbocycles. The van der Waals surface area contributed by atoms with Crippen LogP contribution in [-0.4, -0.2) is 51.4 Å². The number of hydrogen-bond acceptors (Lipinski definition) is 5. The van der Waals surface area contributed by atoms with Crippen molar-refractivity contribution in [1.29, 1.82) is 0 Å². The molecule has 2 amide bonds. The van der Waals surface area contributed by atoms with Crippen LogP contribution in [0, 0.1) is 0 Å². The van der Waals surface area contributed by atoms with Crippen LogP contribution >= 0.6 is 23.2 Å². The molecule has 0 heterocycles. The van der Waals surface area contributed by atoms with Gasteiger partial charge in [0.05, 0.1) is 27.2 Å². The topological polar surface area (TPSA) is 96.0 Å². The number of likely N-dealkylation sites (N-methyl/N-ethyl adjacent to an activating group) is 1. The van der Waals surface area contributed by atoms with Gasteiger partial charge in [0.25, 0.3) is 10.0 Å². The van der Waals surface area contributed by atoms with Crippen LogP contribution in [0.25, 0.3) is 0 Å². The number of benzene rings is 4. The molecular formula is C33H33Cl2N3O5S. The smallest absolute Gasteiger partial charge is 0.264 e. The fourth-order valence-electron chi connectivity index (χ4n) is 4.73. The number of nitrogens with zero attached hydrogens (tertiary/aromatic N) is 2. The van der Waals surface area contributed by atoms with Crippen LogP contribution in [0.1, 0.15) is 18.1 Å². The van der Waals surface area contributed by atoms with Gasteiger partial charge in [0.2, 0.25) is 11.8 Å². The minimum atomic E-state index is -4.25. The maximum Gasteiger partial charge on any atom is 0.264 e. The van der Waals surface area contributed by atoms with Gasteiger partial charge in [-0.3, -0.25) is 13.9 Å². The van der Waals surface area contributed by atoms with Crippen molar-refractivity contribution < 1.29 is 22.7 Å². The standard InChI is InChI=1S/C33H33Cl2N3O5S/c1-3-43-31-17-11-10-16-29(31)38(44(41,42)26-14-8-5-9-15-26)23-32(39)37(22-25-18-19-27(34)28(35)20-25)30(33(40)36-2)21-24-12-6-4-7-13-24/h4-20,30H,3,21-23H2,1-2H3,(H,36,40). The van der Waals surface area contributed by atoms with E-state index in [1.54, 1.807) is 67.6 Å². The lowest BCUT2D eigenvalue weighted by atomic mass is 10.0. The lowest BCUT2D eigenvalue weighted by Crippen LogP contribution is -2.53. The summed E-state index contributed by atoms with van der Waals surface area (Å²) >= 11 is 12.4. The highest BCUT2D eigenvalue weighted by Crippen LogP contribution is 2.33. The fraction of sp³-hybridized carbons (Fsp3) is 0.212. The van der Waals surface area contributed by atoms with Crippen LogP contribution in [-0.2, 0) is 32.6 Å². The quantitative estimate of drug-likeness (QED) is 0.192.